The summed E-state index contributed by atoms with van der Waals surface area (Å²) in [4.78, 5) is 38.7. The number of likely N-dealkylation sites (N-methyl/N-ethyl adjacent to an activating group) is 2. The third-order valence-electron chi connectivity index (χ3n) is 6.33. The van der Waals surface area contributed by atoms with E-state index in [-0.39, 0.29) is 21.6 Å². The summed E-state index contributed by atoms with van der Waals surface area (Å²) in [5.74, 6) is -1.18. The second-order valence-electron chi connectivity index (χ2n) is 9.63. The van der Waals surface area contributed by atoms with E-state index in [2.05, 4.69) is 32.1 Å². The smallest absolute Gasteiger partial charge is 0.265 e. The van der Waals surface area contributed by atoms with Crippen molar-refractivity contribution >= 4 is 51.7 Å². The Morgan fingerprint density at radius 2 is 1.88 bits per heavy atom. The molecule has 0 aliphatic carbocycles. The molecule has 42 heavy (non-hydrogen) atoms. The summed E-state index contributed by atoms with van der Waals surface area (Å²) in [5, 5.41) is 6.50. The number of methoxy groups -OCH3 is 1. The van der Waals surface area contributed by atoms with Gasteiger partial charge in [-0.05, 0) is 44.4 Å². The summed E-state index contributed by atoms with van der Waals surface area (Å²) >= 11 is 0.896. The second kappa shape index (κ2) is 13.0. The molecule has 2 heterocycles. The Morgan fingerprint density at radius 3 is 2.55 bits per heavy atom. The minimum atomic E-state index is -0.759. The van der Waals surface area contributed by atoms with Crippen molar-refractivity contribution < 1.29 is 18.3 Å². The van der Waals surface area contributed by atoms with Crippen LogP contribution in [0.5, 0.6) is 5.75 Å². The van der Waals surface area contributed by atoms with Gasteiger partial charge in [0.25, 0.3) is 5.56 Å². The summed E-state index contributed by atoms with van der Waals surface area (Å²) in [5.41, 5.74) is 1.66. The zero-order valence-electron chi connectivity index (χ0n) is 23.9. The molecule has 0 spiro atoms. The fraction of sp³-hybridized carbons (Fsp3) is 0.241. The van der Waals surface area contributed by atoms with Gasteiger partial charge in [-0.3, -0.25) is 14.2 Å². The fourth-order valence-corrected chi connectivity index (χ4v) is 4.99. The molecular formula is C29H31F2N7O3S. The minimum Gasteiger partial charge on any atom is -0.494 e. The van der Waals surface area contributed by atoms with Crippen molar-refractivity contribution in [3.63, 3.8) is 0 Å². The number of ether oxygens (including phenoxy) is 1. The van der Waals surface area contributed by atoms with Crippen LogP contribution >= 0.6 is 11.8 Å². The first-order chi connectivity index (χ1) is 20.0. The van der Waals surface area contributed by atoms with Gasteiger partial charge in [0.05, 0.1) is 29.1 Å². The molecule has 0 saturated heterocycles. The number of hydrogen-bond acceptors (Lipinski definition) is 9. The van der Waals surface area contributed by atoms with Crippen LogP contribution in [0, 0.1) is 11.6 Å². The van der Waals surface area contributed by atoms with E-state index in [1.165, 1.54) is 30.0 Å². The zero-order valence-corrected chi connectivity index (χ0v) is 24.7. The zero-order chi connectivity index (χ0) is 30.6. The third-order valence-corrected chi connectivity index (χ3v) is 7.39. The van der Waals surface area contributed by atoms with Crippen molar-refractivity contribution in [2.75, 3.05) is 56.9 Å². The fourth-order valence-electron chi connectivity index (χ4n) is 4.05. The first-order valence-electron chi connectivity index (χ1n) is 12.8. The van der Waals surface area contributed by atoms with Crippen LogP contribution in [0.2, 0.25) is 0 Å². The van der Waals surface area contributed by atoms with Crippen molar-refractivity contribution in [2.24, 2.45) is 7.05 Å². The van der Waals surface area contributed by atoms with Gasteiger partial charge in [0.1, 0.15) is 23.0 Å². The predicted molar refractivity (Wildman–Crippen MR) is 162 cm³/mol. The molecule has 0 saturated carbocycles. The van der Waals surface area contributed by atoms with Crippen molar-refractivity contribution in [3.8, 4) is 5.75 Å². The van der Waals surface area contributed by atoms with E-state index in [4.69, 9.17) is 4.74 Å². The predicted octanol–water partition coefficient (Wildman–Crippen LogP) is 4.63. The Labute approximate surface area is 246 Å². The van der Waals surface area contributed by atoms with Gasteiger partial charge < -0.3 is 25.2 Å². The van der Waals surface area contributed by atoms with Gasteiger partial charge in [0.2, 0.25) is 11.9 Å². The molecule has 0 radical (unpaired) electrons. The van der Waals surface area contributed by atoms with E-state index in [1.807, 2.05) is 26.0 Å². The van der Waals surface area contributed by atoms with E-state index in [9.17, 15) is 18.4 Å². The molecule has 0 atom stereocenters. The Kier molecular flexibility index (Phi) is 9.43. The highest BCUT2D eigenvalue weighted by molar-refractivity contribution is 7.99. The minimum absolute atomic E-state index is 0.120. The number of carbonyl (C=O) groups is 1. The Hall–Kier alpha value is -4.49. The van der Waals surface area contributed by atoms with Crippen LogP contribution in [-0.4, -0.2) is 66.7 Å². The van der Waals surface area contributed by atoms with Gasteiger partial charge in [0, 0.05) is 55.8 Å². The molecule has 2 N–H and O–H groups in total. The number of pyridine rings is 1. The van der Waals surface area contributed by atoms with E-state index < -0.39 is 17.2 Å². The number of rotatable bonds is 11. The van der Waals surface area contributed by atoms with Crippen molar-refractivity contribution in [1.29, 1.82) is 0 Å². The molecule has 0 bridgehead atoms. The van der Waals surface area contributed by atoms with Gasteiger partial charge in [-0.2, -0.15) is 4.98 Å². The first kappa shape index (κ1) is 30.5. The summed E-state index contributed by atoms with van der Waals surface area (Å²) in [6.45, 7) is 5.02. The average molecular weight is 596 g/mol. The summed E-state index contributed by atoms with van der Waals surface area (Å²) in [6.07, 6.45) is 2.72. The number of fused-ring (bicyclic) bond motifs is 1. The number of hydrogen-bond donors (Lipinski definition) is 2. The highest BCUT2D eigenvalue weighted by Gasteiger charge is 2.18. The number of anilines is 4. The Morgan fingerprint density at radius 1 is 1.12 bits per heavy atom. The van der Waals surface area contributed by atoms with Crippen LogP contribution < -0.4 is 25.8 Å². The molecule has 2 aromatic carbocycles. The Bertz CT molecular complexity index is 1710. The van der Waals surface area contributed by atoms with Gasteiger partial charge in [-0.1, -0.05) is 18.3 Å². The van der Waals surface area contributed by atoms with E-state index in [0.717, 1.165) is 36.1 Å². The van der Waals surface area contributed by atoms with Crippen LogP contribution in [0.25, 0.3) is 11.0 Å². The molecule has 10 nitrogen and oxygen atoms in total. The van der Waals surface area contributed by atoms with Crippen molar-refractivity contribution in [2.45, 2.75) is 9.79 Å². The average Bonchev–Trinajstić information content (AvgIpc) is 2.96. The third kappa shape index (κ3) is 6.86. The molecule has 13 heteroatoms. The SMILES string of the molecule is C=CC(=O)Nc1cc(Nc2ncc3cc(Sc4ccc(F)cc4F)c(=O)n(C)c3n2)c(OC)cc1N(C)CCN(C)C. The molecule has 220 valence electrons. The lowest BCUT2D eigenvalue weighted by molar-refractivity contribution is -0.111. The van der Waals surface area contributed by atoms with Crippen LogP contribution in [0.1, 0.15) is 0 Å². The van der Waals surface area contributed by atoms with E-state index >= 15 is 0 Å². The first-order valence-corrected chi connectivity index (χ1v) is 13.6. The van der Waals surface area contributed by atoms with Crippen molar-refractivity contribution in [1.82, 2.24) is 19.4 Å². The highest BCUT2D eigenvalue weighted by Crippen LogP contribution is 2.38. The topological polar surface area (TPSA) is 105 Å². The molecule has 0 aliphatic rings. The van der Waals surface area contributed by atoms with Gasteiger partial charge >= 0.3 is 0 Å². The maximum atomic E-state index is 14.2. The standard InChI is InChI=1S/C29H31F2N7O3S/c1-7-26(39)33-20-14-21(23(41-6)15-22(20)37(4)11-10-36(2)3)34-29-32-16-17-12-25(28(40)38(5)27(17)35-29)42-24-9-8-18(30)13-19(24)31/h7-9,12-16H,1,10-11H2,2-6H3,(H,33,39)(H,32,34,35). The number of carbonyl (C=O) groups excluding carboxylic acids is 1. The monoisotopic (exact) mass is 595 g/mol. The van der Waals surface area contributed by atoms with Crippen LogP contribution in [0.4, 0.5) is 31.8 Å². The highest BCUT2D eigenvalue weighted by atomic mass is 32.2. The maximum absolute atomic E-state index is 14.2. The number of benzene rings is 2. The van der Waals surface area contributed by atoms with Gasteiger partial charge in [-0.15, -0.1) is 0 Å². The number of aryl methyl sites for hydroxylation is 1. The number of amides is 1. The summed E-state index contributed by atoms with van der Waals surface area (Å²) in [6, 6.07) is 8.27. The summed E-state index contributed by atoms with van der Waals surface area (Å²) < 4.78 is 34.5. The second-order valence-corrected chi connectivity index (χ2v) is 10.7. The Balaban J connectivity index is 1.70. The largest absolute Gasteiger partial charge is 0.494 e. The van der Waals surface area contributed by atoms with Gasteiger partial charge in [0.15, 0.2) is 0 Å². The number of aromatic nitrogens is 3. The lowest BCUT2D eigenvalue weighted by Crippen LogP contribution is -2.29. The van der Waals surface area contributed by atoms with Gasteiger partial charge in [-0.25, -0.2) is 13.8 Å². The molecule has 0 unspecified atom stereocenters. The van der Waals surface area contributed by atoms with Crippen molar-refractivity contribution in [3.05, 3.63) is 77.2 Å². The number of nitrogens with one attached hydrogen (secondary N) is 2. The molecule has 2 aromatic heterocycles. The number of nitrogens with zero attached hydrogens (tertiary/aromatic N) is 5. The molecule has 0 fully saturated rings. The lowest BCUT2D eigenvalue weighted by atomic mass is 10.2. The maximum Gasteiger partial charge on any atom is 0.265 e. The van der Waals surface area contributed by atoms with E-state index in [1.54, 1.807) is 25.2 Å². The lowest BCUT2D eigenvalue weighted by Gasteiger charge is -2.26. The van der Waals surface area contributed by atoms with Crippen LogP contribution in [0.15, 0.2) is 69.8 Å². The van der Waals surface area contributed by atoms with E-state index in [0.29, 0.717) is 34.7 Å². The summed E-state index contributed by atoms with van der Waals surface area (Å²) in [7, 11) is 8.95. The van der Waals surface area contributed by atoms with Crippen LogP contribution in [-0.2, 0) is 11.8 Å². The molecule has 4 aromatic rings. The normalized spacial score (nSPS) is 11.0. The molecular weight excluding hydrogens is 564 g/mol. The van der Waals surface area contributed by atoms with Crippen LogP contribution in [0.3, 0.4) is 0 Å². The quantitative estimate of drug-likeness (QED) is 0.240. The molecule has 4 rings (SSSR count). The molecule has 0 aliphatic heterocycles. The molecule has 1 amide bonds. The number of halogens is 2.